The summed E-state index contributed by atoms with van der Waals surface area (Å²) in [4.78, 5) is 35.6. The second-order valence-corrected chi connectivity index (χ2v) is 2.77. The molecule has 16 heavy (non-hydrogen) atoms. The Kier molecular flexibility index (Phi) is 2.16. The van der Waals surface area contributed by atoms with Crippen molar-refractivity contribution in [2.75, 3.05) is 0 Å². The van der Waals surface area contributed by atoms with Crippen LogP contribution in [-0.4, -0.2) is 42.1 Å². The van der Waals surface area contributed by atoms with Crippen LogP contribution < -0.4 is 0 Å². The summed E-state index contributed by atoms with van der Waals surface area (Å²) in [5.41, 5.74) is -0.134. The number of carbonyl (C=O) groups is 2. The number of carboxylic acid groups (broad SMARTS) is 2. The lowest BCUT2D eigenvalue weighted by atomic mass is 10.4. The number of aromatic nitrogens is 4. The molecule has 0 aromatic carbocycles. The number of hydrogen-bond donors (Lipinski definition) is 2. The molecular formula is C8H4N4O4. The maximum absolute atomic E-state index is 10.6. The summed E-state index contributed by atoms with van der Waals surface area (Å²) in [7, 11) is 0. The van der Waals surface area contributed by atoms with E-state index in [1.165, 1.54) is 6.20 Å². The Morgan fingerprint density at radius 3 is 2.38 bits per heavy atom. The Hall–Kier alpha value is -2.64. The first-order valence-electron chi connectivity index (χ1n) is 4.04. The van der Waals surface area contributed by atoms with Gasteiger partial charge in [0, 0.05) is 0 Å². The molecular weight excluding hydrogens is 216 g/mol. The highest BCUT2D eigenvalue weighted by molar-refractivity contribution is 5.88. The Morgan fingerprint density at radius 2 is 1.75 bits per heavy atom. The fourth-order valence-corrected chi connectivity index (χ4v) is 1.02. The summed E-state index contributed by atoms with van der Waals surface area (Å²) < 4.78 is 0. The molecule has 0 saturated heterocycles. The van der Waals surface area contributed by atoms with E-state index in [1.807, 2.05) is 0 Å². The van der Waals surface area contributed by atoms with Crippen molar-refractivity contribution in [1.82, 2.24) is 19.9 Å². The molecule has 2 rings (SSSR count). The number of aromatic carboxylic acids is 2. The van der Waals surface area contributed by atoms with E-state index >= 15 is 0 Å². The molecule has 0 bridgehead atoms. The van der Waals surface area contributed by atoms with Crippen molar-refractivity contribution < 1.29 is 19.8 Å². The molecule has 0 amide bonds. The highest BCUT2D eigenvalue weighted by Gasteiger charge is 2.11. The molecule has 0 radical (unpaired) electrons. The summed E-state index contributed by atoms with van der Waals surface area (Å²) >= 11 is 0. The monoisotopic (exact) mass is 220 g/mol. The number of rotatable bonds is 2. The first kappa shape index (κ1) is 9.90. The topological polar surface area (TPSA) is 126 Å². The van der Waals surface area contributed by atoms with Crippen molar-refractivity contribution in [3.8, 4) is 0 Å². The van der Waals surface area contributed by atoms with Gasteiger partial charge >= 0.3 is 11.9 Å². The zero-order valence-corrected chi connectivity index (χ0v) is 7.65. The molecule has 8 nitrogen and oxygen atoms in total. The largest absolute Gasteiger partial charge is 0.476 e. The van der Waals surface area contributed by atoms with Crippen LogP contribution in [0, 0.1) is 0 Å². The Morgan fingerprint density at radius 1 is 1.00 bits per heavy atom. The van der Waals surface area contributed by atoms with E-state index in [0.29, 0.717) is 0 Å². The van der Waals surface area contributed by atoms with Crippen molar-refractivity contribution in [3.05, 3.63) is 23.9 Å². The number of hydrogen-bond acceptors (Lipinski definition) is 6. The minimum Gasteiger partial charge on any atom is -0.476 e. The fourth-order valence-electron chi connectivity index (χ4n) is 1.02. The molecule has 2 aromatic rings. The van der Waals surface area contributed by atoms with Crippen molar-refractivity contribution in [2.24, 2.45) is 0 Å². The summed E-state index contributed by atoms with van der Waals surface area (Å²) in [6, 6.07) is 0. The van der Waals surface area contributed by atoms with Gasteiger partial charge in [-0.25, -0.2) is 29.5 Å². The first-order valence-corrected chi connectivity index (χ1v) is 4.04. The summed E-state index contributed by atoms with van der Waals surface area (Å²) in [5, 5.41) is 17.3. The average molecular weight is 220 g/mol. The standard InChI is InChI=1S/C8H4N4O4/c13-7(14)4-2-9-3-1-10-6(8(15)16)12-5(3)11-4/h1-2H,(H,13,14)(H,15,16). The Labute approximate surface area is 87.6 Å². The fraction of sp³-hybridized carbons (Fsp3) is 0. The van der Waals surface area contributed by atoms with Crippen LogP contribution in [0.3, 0.4) is 0 Å². The molecule has 80 valence electrons. The highest BCUT2D eigenvalue weighted by atomic mass is 16.4. The van der Waals surface area contributed by atoms with E-state index in [0.717, 1.165) is 6.20 Å². The maximum atomic E-state index is 10.6. The zero-order chi connectivity index (χ0) is 11.7. The van der Waals surface area contributed by atoms with Gasteiger partial charge in [0.1, 0.15) is 5.52 Å². The van der Waals surface area contributed by atoms with Crippen molar-refractivity contribution in [3.63, 3.8) is 0 Å². The summed E-state index contributed by atoms with van der Waals surface area (Å²) in [6.07, 6.45) is 2.22. The Bertz CT molecular complexity index is 549. The van der Waals surface area contributed by atoms with Crippen LogP contribution in [0.2, 0.25) is 0 Å². The first-order chi connectivity index (χ1) is 7.58. The van der Waals surface area contributed by atoms with Gasteiger partial charge in [-0.1, -0.05) is 0 Å². The van der Waals surface area contributed by atoms with Crippen molar-refractivity contribution in [2.45, 2.75) is 0 Å². The molecule has 0 fully saturated rings. The van der Waals surface area contributed by atoms with E-state index in [-0.39, 0.29) is 16.9 Å². The molecule has 0 spiro atoms. The van der Waals surface area contributed by atoms with Crippen LogP contribution in [-0.2, 0) is 0 Å². The molecule has 0 unspecified atom stereocenters. The van der Waals surface area contributed by atoms with E-state index in [1.54, 1.807) is 0 Å². The third-order valence-electron chi connectivity index (χ3n) is 1.71. The normalized spacial score (nSPS) is 10.2. The number of fused-ring (bicyclic) bond motifs is 1. The lowest BCUT2D eigenvalue weighted by Gasteiger charge is -1.98. The van der Waals surface area contributed by atoms with Crippen molar-refractivity contribution >= 4 is 23.1 Å². The third-order valence-corrected chi connectivity index (χ3v) is 1.71. The quantitative estimate of drug-likeness (QED) is 0.713. The summed E-state index contributed by atoms with van der Waals surface area (Å²) in [5.74, 6) is -3.03. The molecule has 2 aromatic heterocycles. The maximum Gasteiger partial charge on any atom is 0.374 e. The van der Waals surface area contributed by atoms with Crippen LogP contribution in [0.25, 0.3) is 11.2 Å². The zero-order valence-electron chi connectivity index (χ0n) is 7.65. The van der Waals surface area contributed by atoms with Gasteiger partial charge in [-0.2, -0.15) is 0 Å². The van der Waals surface area contributed by atoms with Gasteiger partial charge in [0.05, 0.1) is 12.4 Å². The van der Waals surface area contributed by atoms with Gasteiger partial charge in [0.25, 0.3) is 0 Å². The second-order valence-electron chi connectivity index (χ2n) is 2.77. The van der Waals surface area contributed by atoms with E-state index in [2.05, 4.69) is 19.9 Å². The molecule has 2 heterocycles. The van der Waals surface area contributed by atoms with E-state index in [4.69, 9.17) is 10.2 Å². The smallest absolute Gasteiger partial charge is 0.374 e. The van der Waals surface area contributed by atoms with Crippen LogP contribution in [0.15, 0.2) is 12.4 Å². The number of nitrogens with zero attached hydrogens (tertiary/aromatic N) is 4. The van der Waals surface area contributed by atoms with Gasteiger partial charge in [-0.15, -0.1) is 0 Å². The van der Waals surface area contributed by atoms with Gasteiger partial charge in [-0.05, 0) is 0 Å². The third kappa shape index (κ3) is 1.63. The van der Waals surface area contributed by atoms with Gasteiger partial charge in [-0.3, -0.25) is 0 Å². The molecule has 0 aliphatic carbocycles. The predicted octanol–water partition coefficient (Wildman–Crippen LogP) is -0.184. The lowest BCUT2D eigenvalue weighted by Crippen LogP contribution is -2.07. The summed E-state index contributed by atoms with van der Waals surface area (Å²) in [6.45, 7) is 0. The molecule has 0 saturated carbocycles. The number of carboxylic acids is 2. The Balaban J connectivity index is 2.65. The minimum absolute atomic E-state index is 0.0627. The molecule has 0 aliphatic heterocycles. The van der Waals surface area contributed by atoms with Crippen LogP contribution in [0.1, 0.15) is 21.1 Å². The minimum atomic E-state index is -1.32. The molecule has 0 aliphatic rings. The molecule has 2 N–H and O–H groups in total. The predicted molar refractivity (Wildman–Crippen MR) is 49.0 cm³/mol. The molecule has 0 atom stereocenters. The SMILES string of the molecule is O=C(O)c1cnc2cnc(C(=O)O)nc2n1. The van der Waals surface area contributed by atoms with Crippen LogP contribution in [0.4, 0.5) is 0 Å². The van der Waals surface area contributed by atoms with Crippen LogP contribution in [0.5, 0.6) is 0 Å². The van der Waals surface area contributed by atoms with Crippen molar-refractivity contribution in [1.29, 1.82) is 0 Å². The van der Waals surface area contributed by atoms with Gasteiger partial charge in [0.2, 0.25) is 5.82 Å². The molecule has 8 heteroatoms. The lowest BCUT2D eigenvalue weighted by molar-refractivity contribution is 0.0677. The van der Waals surface area contributed by atoms with E-state index in [9.17, 15) is 9.59 Å². The highest BCUT2D eigenvalue weighted by Crippen LogP contribution is 2.06. The van der Waals surface area contributed by atoms with E-state index < -0.39 is 17.8 Å². The van der Waals surface area contributed by atoms with Gasteiger partial charge < -0.3 is 10.2 Å². The van der Waals surface area contributed by atoms with Gasteiger partial charge in [0.15, 0.2) is 11.3 Å². The van der Waals surface area contributed by atoms with Crippen LogP contribution >= 0.6 is 0 Å². The average Bonchev–Trinajstić information content (AvgIpc) is 2.27. The second kappa shape index (κ2) is 3.50.